The molecule has 1 amide bonds. The zero-order valence-corrected chi connectivity index (χ0v) is 20.0. The lowest BCUT2D eigenvalue weighted by molar-refractivity contribution is -0.119. The summed E-state index contributed by atoms with van der Waals surface area (Å²) in [5.74, 6) is -0.973. The Labute approximate surface area is 206 Å². The lowest BCUT2D eigenvalue weighted by Gasteiger charge is -2.19. The molecular weight excluding hydrogens is 441 g/mol. The van der Waals surface area contributed by atoms with Gasteiger partial charge in [-0.2, -0.15) is 0 Å². The van der Waals surface area contributed by atoms with E-state index in [4.69, 9.17) is 0 Å². The minimum absolute atomic E-state index is 0.0157. The van der Waals surface area contributed by atoms with Gasteiger partial charge in [0, 0.05) is 18.0 Å². The number of hydrogen-bond acceptors (Lipinski definition) is 3. The van der Waals surface area contributed by atoms with Crippen LogP contribution >= 0.6 is 0 Å². The summed E-state index contributed by atoms with van der Waals surface area (Å²) in [6.45, 7) is 1.67. The molecule has 1 saturated carbocycles. The van der Waals surface area contributed by atoms with Gasteiger partial charge in [-0.3, -0.25) is 9.59 Å². The van der Waals surface area contributed by atoms with Crippen LogP contribution in [0.5, 0.6) is 0 Å². The number of carbonyl (C=O) groups excluding carboxylic acids is 2. The van der Waals surface area contributed by atoms with E-state index in [0.717, 1.165) is 31.2 Å². The maximum absolute atomic E-state index is 13.8. The van der Waals surface area contributed by atoms with E-state index in [2.05, 4.69) is 5.32 Å². The highest BCUT2D eigenvalue weighted by atomic mass is 19.1. The van der Waals surface area contributed by atoms with Crippen molar-refractivity contribution in [2.24, 2.45) is 17.8 Å². The number of hydrogen-bond donors (Lipinski definition) is 2. The van der Waals surface area contributed by atoms with Gasteiger partial charge in [0.25, 0.3) is 0 Å². The zero-order chi connectivity index (χ0) is 24.8. The Morgan fingerprint density at radius 2 is 1.66 bits per heavy atom. The van der Waals surface area contributed by atoms with E-state index in [1.54, 1.807) is 13.0 Å². The van der Waals surface area contributed by atoms with Crippen molar-refractivity contribution in [2.45, 2.75) is 45.1 Å². The second-order valence-electron chi connectivity index (χ2n) is 9.69. The maximum atomic E-state index is 13.8. The summed E-state index contributed by atoms with van der Waals surface area (Å²) < 4.78 is 13.8. The Kier molecular flexibility index (Phi) is 8.09. The average Bonchev–Trinajstić information content (AvgIpc) is 3.34. The average molecular weight is 474 g/mol. The van der Waals surface area contributed by atoms with Crippen LogP contribution in [0.15, 0.2) is 78.9 Å². The second-order valence-corrected chi connectivity index (χ2v) is 9.69. The lowest BCUT2D eigenvalue weighted by Crippen LogP contribution is -2.23. The molecule has 4 rings (SSSR count). The molecule has 1 aliphatic rings. The van der Waals surface area contributed by atoms with Gasteiger partial charge in [0.2, 0.25) is 5.91 Å². The molecule has 4 nitrogen and oxygen atoms in total. The number of benzene rings is 3. The minimum Gasteiger partial charge on any atom is -0.388 e. The lowest BCUT2D eigenvalue weighted by atomic mass is 9.91. The predicted octanol–water partition coefficient (Wildman–Crippen LogP) is 6.37. The third-order valence-electron chi connectivity index (χ3n) is 7.03. The SMILES string of the molecule is C[C@H](CC(=O)c1ccccc1F)C(=O)Nc1ccc(C[C@@H]2CC[C@H]([C@H](O)c3ccccc3)C2)cc1. The third-order valence-corrected chi connectivity index (χ3v) is 7.03. The Morgan fingerprint density at radius 3 is 2.37 bits per heavy atom. The first-order valence-corrected chi connectivity index (χ1v) is 12.3. The van der Waals surface area contributed by atoms with Gasteiger partial charge in [-0.25, -0.2) is 4.39 Å². The number of Topliss-reactive ketones (excluding diaryl/α,β-unsaturated/α-hetero) is 1. The molecule has 0 saturated heterocycles. The molecule has 182 valence electrons. The number of amides is 1. The largest absolute Gasteiger partial charge is 0.388 e. The van der Waals surface area contributed by atoms with E-state index in [1.165, 1.54) is 23.8 Å². The van der Waals surface area contributed by atoms with Gasteiger partial charge >= 0.3 is 0 Å². The van der Waals surface area contributed by atoms with Crippen molar-refractivity contribution in [2.75, 3.05) is 5.32 Å². The van der Waals surface area contributed by atoms with Crippen LogP contribution in [0.3, 0.4) is 0 Å². The van der Waals surface area contributed by atoms with E-state index < -0.39 is 17.8 Å². The first-order valence-electron chi connectivity index (χ1n) is 12.3. The van der Waals surface area contributed by atoms with E-state index in [1.807, 2.05) is 54.6 Å². The summed E-state index contributed by atoms with van der Waals surface area (Å²) in [7, 11) is 0. The number of anilines is 1. The Balaban J connectivity index is 1.26. The van der Waals surface area contributed by atoms with E-state index in [0.29, 0.717) is 11.6 Å². The summed E-state index contributed by atoms with van der Waals surface area (Å²) in [6, 6.07) is 23.5. The summed E-state index contributed by atoms with van der Waals surface area (Å²) in [5, 5.41) is 13.6. The van der Waals surface area contributed by atoms with Gasteiger partial charge in [-0.1, -0.05) is 61.5 Å². The van der Waals surface area contributed by atoms with Crippen LogP contribution in [-0.2, 0) is 11.2 Å². The number of ketones is 1. The molecule has 0 aliphatic heterocycles. The van der Waals surface area contributed by atoms with Crippen molar-refractivity contribution in [1.29, 1.82) is 0 Å². The molecule has 0 unspecified atom stereocenters. The summed E-state index contributed by atoms with van der Waals surface area (Å²) in [6.07, 6.45) is 3.61. The van der Waals surface area contributed by atoms with Crippen molar-refractivity contribution in [1.82, 2.24) is 0 Å². The van der Waals surface area contributed by atoms with E-state index >= 15 is 0 Å². The van der Waals surface area contributed by atoms with Crippen LogP contribution < -0.4 is 5.32 Å². The van der Waals surface area contributed by atoms with Gasteiger partial charge < -0.3 is 10.4 Å². The number of carbonyl (C=O) groups is 2. The third kappa shape index (κ3) is 6.43. The highest BCUT2D eigenvalue weighted by Gasteiger charge is 2.30. The molecular formula is C30H32FNO3. The van der Waals surface area contributed by atoms with Gasteiger partial charge in [0.1, 0.15) is 5.82 Å². The molecule has 0 heterocycles. The summed E-state index contributed by atoms with van der Waals surface area (Å²) >= 11 is 0. The molecule has 35 heavy (non-hydrogen) atoms. The standard InChI is InChI=1S/C30H32FNO3/c1-20(17-28(33)26-9-5-6-10-27(26)31)30(35)32-25-15-12-21(13-16-25)18-22-11-14-24(19-22)29(34)23-7-3-2-4-8-23/h2-10,12-13,15-16,20,22,24,29,34H,11,14,17-19H2,1H3,(H,32,35)/t20-,22+,24+,29-/m1/s1. The second kappa shape index (κ2) is 11.4. The molecule has 3 aromatic carbocycles. The summed E-state index contributed by atoms with van der Waals surface area (Å²) in [5.41, 5.74) is 2.88. The monoisotopic (exact) mass is 473 g/mol. The van der Waals surface area contributed by atoms with Crippen LogP contribution in [0.2, 0.25) is 0 Å². The van der Waals surface area contributed by atoms with E-state index in [9.17, 15) is 19.1 Å². The molecule has 5 heteroatoms. The van der Waals surface area contributed by atoms with Crippen LogP contribution in [0, 0.1) is 23.6 Å². The van der Waals surface area contributed by atoms with Crippen LogP contribution in [0.4, 0.5) is 10.1 Å². The number of nitrogens with one attached hydrogen (secondary N) is 1. The highest BCUT2D eigenvalue weighted by molar-refractivity contribution is 6.01. The quantitative estimate of drug-likeness (QED) is 0.355. The minimum atomic E-state index is -0.576. The summed E-state index contributed by atoms with van der Waals surface area (Å²) in [4.78, 5) is 24.9. The van der Waals surface area contributed by atoms with Gasteiger partial charge in [-0.15, -0.1) is 0 Å². The number of aliphatic hydroxyl groups excluding tert-OH is 1. The van der Waals surface area contributed by atoms with Crippen LogP contribution in [-0.4, -0.2) is 16.8 Å². The number of aliphatic hydroxyl groups is 1. The fourth-order valence-corrected chi connectivity index (χ4v) is 5.00. The van der Waals surface area contributed by atoms with Crippen molar-refractivity contribution in [3.05, 3.63) is 101 Å². The highest BCUT2D eigenvalue weighted by Crippen LogP contribution is 2.40. The maximum Gasteiger partial charge on any atom is 0.227 e. The molecule has 1 aliphatic carbocycles. The van der Waals surface area contributed by atoms with E-state index in [-0.39, 0.29) is 29.6 Å². The van der Waals surface area contributed by atoms with Crippen LogP contribution in [0.25, 0.3) is 0 Å². The zero-order valence-electron chi connectivity index (χ0n) is 20.0. The smallest absolute Gasteiger partial charge is 0.227 e. The molecule has 2 N–H and O–H groups in total. The van der Waals surface area contributed by atoms with Gasteiger partial charge in [0.15, 0.2) is 5.78 Å². The molecule has 0 radical (unpaired) electrons. The molecule has 0 aromatic heterocycles. The fourth-order valence-electron chi connectivity index (χ4n) is 5.00. The number of rotatable bonds is 9. The van der Waals surface area contributed by atoms with Crippen molar-refractivity contribution >= 4 is 17.4 Å². The van der Waals surface area contributed by atoms with Gasteiger partial charge in [0.05, 0.1) is 11.7 Å². The van der Waals surface area contributed by atoms with Crippen LogP contribution in [0.1, 0.15) is 60.2 Å². The van der Waals surface area contributed by atoms with Crippen molar-refractivity contribution < 1.29 is 19.1 Å². The number of halogens is 1. The molecule has 0 spiro atoms. The predicted molar refractivity (Wildman–Crippen MR) is 136 cm³/mol. The topological polar surface area (TPSA) is 66.4 Å². The molecule has 0 bridgehead atoms. The molecule has 1 fully saturated rings. The molecule has 4 atom stereocenters. The van der Waals surface area contributed by atoms with Gasteiger partial charge in [-0.05, 0) is 72.9 Å². The Hall–Kier alpha value is -3.31. The Morgan fingerprint density at radius 1 is 0.971 bits per heavy atom. The first-order chi connectivity index (χ1) is 16.9. The molecule has 3 aromatic rings. The normalized spacial score (nSPS) is 19.2. The first kappa shape index (κ1) is 24.8. The van der Waals surface area contributed by atoms with Crippen molar-refractivity contribution in [3.63, 3.8) is 0 Å². The Bertz CT molecular complexity index is 1150. The van der Waals surface area contributed by atoms with Crippen molar-refractivity contribution in [3.8, 4) is 0 Å². The fraction of sp³-hybridized carbons (Fsp3) is 0.333.